The maximum Gasteiger partial charge on any atom is 0.129 e. The number of hydrogen-bond acceptors (Lipinski definition) is 5. The molecule has 0 bridgehead atoms. The molecule has 0 saturated heterocycles. The maximum absolute atomic E-state index is 5.42. The second kappa shape index (κ2) is 7.26. The Balaban J connectivity index is 1.78. The van der Waals surface area contributed by atoms with Gasteiger partial charge >= 0.3 is 0 Å². The smallest absolute Gasteiger partial charge is 0.129 e. The van der Waals surface area contributed by atoms with Crippen LogP contribution in [0, 0.1) is 0 Å². The molecule has 0 saturated carbocycles. The number of nitrogens with zero attached hydrogens (tertiary/aromatic N) is 2. The topological polar surface area (TPSA) is 35.0 Å². The van der Waals surface area contributed by atoms with Gasteiger partial charge in [0.2, 0.25) is 0 Å². The first-order valence-electron chi connectivity index (χ1n) is 6.58. The molecule has 0 radical (unpaired) electrons. The monoisotopic (exact) mass is 392 g/mol. The van der Waals surface area contributed by atoms with E-state index in [4.69, 9.17) is 9.72 Å². The number of hydrogen-bond donors (Lipinski definition) is 0. The third-order valence-corrected chi connectivity index (χ3v) is 5.34. The molecular weight excluding hydrogens is 380 g/mol. The van der Waals surface area contributed by atoms with E-state index in [9.17, 15) is 0 Å². The summed E-state index contributed by atoms with van der Waals surface area (Å²) in [5.74, 6) is 1.64. The van der Waals surface area contributed by atoms with E-state index in [-0.39, 0.29) is 0 Å². The van der Waals surface area contributed by atoms with Crippen LogP contribution in [0.4, 0.5) is 0 Å². The van der Waals surface area contributed by atoms with E-state index in [1.165, 1.54) is 0 Å². The first-order chi connectivity index (χ1) is 10.8. The largest absolute Gasteiger partial charge is 0.496 e. The van der Waals surface area contributed by atoms with Gasteiger partial charge in [-0.3, -0.25) is 0 Å². The lowest BCUT2D eigenvalue weighted by molar-refractivity contribution is 0.416. The van der Waals surface area contributed by atoms with E-state index in [1.807, 2.05) is 36.4 Å². The minimum atomic E-state index is 0.809. The normalized spacial score (nSPS) is 10.6. The molecule has 0 aliphatic heterocycles. The number of rotatable bonds is 5. The molecule has 3 nitrogen and oxygen atoms in total. The predicted octanol–water partition coefficient (Wildman–Crippen LogP) is 5.27. The van der Waals surface area contributed by atoms with Crippen LogP contribution in [0.5, 0.6) is 5.75 Å². The van der Waals surface area contributed by atoms with Gasteiger partial charge in [-0.2, -0.15) is 0 Å². The van der Waals surface area contributed by atoms with E-state index in [0.29, 0.717) is 0 Å². The number of benzene rings is 1. The average molecular weight is 393 g/mol. The molecule has 1 aromatic carbocycles. The van der Waals surface area contributed by atoms with Gasteiger partial charge in [-0.15, -0.1) is 23.1 Å². The summed E-state index contributed by atoms with van der Waals surface area (Å²) in [7, 11) is 1.68. The number of methoxy groups -OCH3 is 1. The SMILES string of the molecule is COc1ccc(Br)cc1-c1nc(CSc2ccccn2)cs1. The van der Waals surface area contributed by atoms with Crippen molar-refractivity contribution in [1.82, 2.24) is 9.97 Å². The number of aromatic nitrogens is 2. The number of halogens is 1. The molecule has 6 heteroatoms. The van der Waals surface area contributed by atoms with Crippen molar-refractivity contribution in [2.75, 3.05) is 7.11 Å². The zero-order chi connectivity index (χ0) is 15.4. The average Bonchev–Trinajstić information content (AvgIpc) is 3.03. The third kappa shape index (κ3) is 3.69. The Morgan fingerprint density at radius 3 is 2.95 bits per heavy atom. The van der Waals surface area contributed by atoms with Crippen LogP contribution < -0.4 is 4.74 Å². The van der Waals surface area contributed by atoms with Crippen LogP contribution in [0.1, 0.15) is 5.69 Å². The van der Waals surface area contributed by atoms with E-state index < -0.39 is 0 Å². The summed E-state index contributed by atoms with van der Waals surface area (Å²) in [6.45, 7) is 0. The van der Waals surface area contributed by atoms with Crippen LogP contribution in [-0.2, 0) is 5.75 Å². The molecule has 0 amide bonds. The zero-order valence-electron chi connectivity index (χ0n) is 11.8. The van der Waals surface area contributed by atoms with Crippen LogP contribution in [0.25, 0.3) is 10.6 Å². The maximum atomic E-state index is 5.42. The molecule has 3 rings (SSSR count). The molecule has 0 spiro atoms. The molecule has 2 heterocycles. The fraction of sp³-hybridized carbons (Fsp3) is 0.125. The first-order valence-corrected chi connectivity index (χ1v) is 9.24. The lowest BCUT2D eigenvalue weighted by Gasteiger charge is -2.06. The van der Waals surface area contributed by atoms with Gasteiger partial charge in [0.1, 0.15) is 10.8 Å². The lowest BCUT2D eigenvalue weighted by Crippen LogP contribution is -1.88. The highest BCUT2D eigenvalue weighted by Crippen LogP contribution is 2.35. The molecule has 2 aromatic heterocycles. The number of ether oxygens (including phenoxy) is 1. The van der Waals surface area contributed by atoms with Crippen LogP contribution in [0.15, 0.2) is 57.5 Å². The first kappa shape index (κ1) is 15.5. The molecule has 0 N–H and O–H groups in total. The van der Waals surface area contributed by atoms with Crippen LogP contribution in [0.2, 0.25) is 0 Å². The van der Waals surface area contributed by atoms with Gasteiger partial charge in [-0.05, 0) is 30.3 Å². The second-order valence-electron chi connectivity index (χ2n) is 4.45. The van der Waals surface area contributed by atoms with E-state index in [0.717, 1.165) is 37.3 Å². The van der Waals surface area contributed by atoms with Crippen molar-refractivity contribution in [2.45, 2.75) is 10.8 Å². The summed E-state index contributed by atoms with van der Waals surface area (Å²) in [6, 6.07) is 11.9. The Hall–Kier alpha value is -1.37. The number of thioether (sulfide) groups is 1. The minimum absolute atomic E-state index is 0.809. The standard InChI is InChI=1S/C16H13BrN2OS2/c1-20-14-6-5-11(17)8-13(14)16-19-12(10-22-16)9-21-15-4-2-3-7-18-15/h2-8,10H,9H2,1H3. The Morgan fingerprint density at radius 2 is 2.18 bits per heavy atom. The van der Waals surface area contributed by atoms with Gasteiger partial charge in [0.15, 0.2) is 0 Å². The molecule has 112 valence electrons. The quantitative estimate of drug-likeness (QED) is 0.554. The molecule has 0 fully saturated rings. The van der Waals surface area contributed by atoms with Crippen LogP contribution >= 0.6 is 39.0 Å². The number of pyridine rings is 1. The Morgan fingerprint density at radius 1 is 1.27 bits per heavy atom. The molecule has 0 aliphatic carbocycles. The highest BCUT2D eigenvalue weighted by Gasteiger charge is 2.11. The van der Waals surface area contributed by atoms with Crippen molar-refractivity contribution in [3.05, 3.63) is 58.1 Å². The lowest BCUT2D eigenvalue weighted by atomic mass is 10.2. The molecule has 0 unspecified atom stereocenters. The fourth-order valence-corrected chi connectivity index (χ4v) is 3.99. The van der Waals surface area contributed by atoms with Gasteiger partial charge in [0.05, 0.1) is 23.4 Å². The zero-order valence-corrected chi connectivity index (χ0v) is 15.0. The summed E-state index contributed by atoms with van der Waals surface area (Å²) in [5.41, 5.74) is 2.06. The molecule has 22 heavy (non-hydrogen) atoms. The number of thiazole rings is 1. The Bertz CT molecular complexity index is 762. The fourth-order valence-electron chi connectivity index (χ4n) is 1.92. The van der Waals surface area contributed by atoms with Crippen LogP contribution in [0.3, 0.4) is 0 Å². The Labute approximate surface area is 145 Å². The highest BCUT2D eigenvalue weighted by molar-refractivity contribution is 9.10. The van der Waals surface area contributed by atoms with Crippen molar-refractivity contribution in [3.63, 3.8) is 0 Å². The van der Waals surface area contributed by atoms with Crippen molar-refractivity contribution in [3.8, 4) is 16.3 Å². The van der Waals surface area contributed by atoms with Gasteiger partial charge in [-0.1, -0.05) is 22.0 Å². The third-order valence-electron chi connectivity index (χ3n) is 2.95. The van der Waals surface area contributed by atoms with Crippen molar-refractivity contribution in [2.24, 2.45) is 0 Å². The highest BCUT2D eigenvalue weighted by atomic mass is 79.9. The Kier molecular flexibility index (Phi) is 5.12. The molecule has 0 aliphatic rings. The van der Waals surface area contributed by atoms with E-state index in [2.05, 4.69) is 26.3 Å². The molecule has 0 atom stereocenters. The van der Waals surface area contributed by atoms with Gasteiger partial charge in [-0.25, -0.2) is 9.97 Å². The predicted molar refractivity (Wildman–Crippen MR) is 95.6 cm³/mol. The van der Waals surface area contributed by atoms with Crippen molar-refractivity contribution < 1.29 is 4.74 Å². The minimum Gasteiger partial charge on any atom is -0.496 e. The second-order valence-corrected chi connectivity index (χ2v) is 7.21. The van der Waals surface area contributed by atoms with E-state index in [1.54, 1.807) is 36.4 Å². The van der Waals surface area contributed by atoms with Crippen molar-refractivity contribution in [1.29, 1.82) is 0 Å². The summed E-state index contributed by atoms with van der Waals surface area (Å²) in [4.78, 5) is 9.02. The van der Waals surface area contributed by atoms with Gasteiger partial charge in [0.25, 0.3) is 0 Å². The van der Waals surface area contributed by atoms with E-state index >= 15 is 0 Å². The van der Waals surface area contributed by atoms with Crippen LogP contribution in [-0.4, -0.2) is 17.1 Å². The molecular formula is C16H13BrN2OS2. The summed E-state index contributed by atoms with van der Waals surface area (Å²) in [6.07, 6.45) is 1.81. The molecule has 3 aromatic rings. The van der Waals surface area contributed by atoms with Gasteiger partial charge < -0.3 is 4.74 Å². The van der Waals surface area contributed by atoms with Gasteiger partial charge in [0, 0.05) is 21.8 Å². The summed E-state index contributed by atoms with van der Waals surface area (Å²) in [5, 5.41) is 4.07. The summed E-state index contributed by atoms with van der Waals surface area (Å²) < 4.78 is 6.44. The van der Waals surface area contributed by atoms with Crippen molar-refractivity contribution >= 4 is 39.0 Å². The summed E-state index contributed by atoms with van der Waals surface area (Å²) >= 11 is 6.82.